The third-order valence-electron chi connectivity index (χ3n) is 3.89. The molecule has 8 nitrogen and oxygen atoms in total. The van der Waals surface area contributed by atoms with Crippen LogP contribution < -0.4 is 10.6 Å². The van der Waals surface area contributed by atoms with Crippen molar-refractivity contribution in [2.24, 2.45) is 5.92 Å². The van der Waals surface area contributed by atoms with Crippen molar-refractivity contribution in [3.8, 4) is 0 Å². The summed E-state index contributed by atoms with van der Waals surface area (Å²) in [6.07, 6.45) is 0. The standard InChI is InChI=1S/C15H23ClN4O4S2/c1-11(2)14(21)17-5-6-18-15(22)19-7-9-20(10-8-19)26(23,24)13-4-3-12(16)25-13/h3-4,11H,5-10H2,1-2H3,(H,17,21)(H,18,22). The fourth-order valence-corrected chi connectivity index (χ4v) is 5.43. The molecule has 0 radical (unpaired) electrons. The lowest BCUT2D eigenvalue weighted by Gasteiger charge is -2.33. The number of rotatable bonds is 6. The van der Waals surface area contributed by atoms with Crippen LogP contribution in [-0.2, 0) is 14.8 Å². The smallest absolute Gasteiger partial charge is 0.317 e. The minimum atomic E-state index is -3.57. The van der Waals surface area contributed by atoms with Gasteiger partial charge in [-0.05, 0) is 12.1 Å². The van der Waals surface area contributed by atoms with Gasteiger partial charge in [0.15, 0.2) is 0 Å². The van der Waals surface area contributed by atoms with Crippen LogP contribution in [0.1, 0.15) is 13.8 Å². The number of amides is 3. The van der Waals surface area contributed by atoms with Gasteiger partial charge >= 0.3 is 6.03 Å². The van der Waals surface area contributed by atoms with Crippen LogP contribution in [0.15, 0.2) is 16.3 Å². The number of nitrogens with zero attached hydrogens (tertiary/aromatic N) is 2. The van der Waals surface area contributed by atoms with Crippen LogP contribution in [-0.4, -0.2) is 68.8 Å². The van der Waals surface area contributed by atoms with Crippen molar-refractivity contribution in [3.05, 3.63) is 16.5 Å². The van der Waals surface area contributed by atoms with Crippen LogP contribution in [0.2, 0.25) is 4.34 Å². The zero-order chi connectivity index (χ0) is 19.3. The van der Waals surface area contributed by atoms with Crippen LogP contribution in [0.3, 0.4) is 0 Å². The molecule has 1 aliphatic heterocycles. The molecule has 1 aromatic heterocycles. The summed E-state index contributed by atoms with van der Waals surface area (Å²) in [5, 5.41) is 5.44. The third-order valence-corrected chi connectivity index (χ3v) is 7.49. The van der Waals surface area contributed by atoms with E-state index < -0.39 is 10.0 Å². The molecule has 2 rings (SSSR count). The molecule has 26 heavy (non-hydrogen) atoms. The van der Waals surface area contributed by atoms with Gasteiger partial charge < -0.3 is 15.5 Å². The Morgan fingerprint density at radius 1 is 1.15 bits per heavy atom. The number of thiophene rings is 1. The van der Waals surface area contributed by atoms with E-state index in [-0.39, 0.29) is 35.2 Å². The van der Waals surface area contributed by atoms with Crippen LogP contribution in [0.4, 0.5) is 4.79 Å². The molecule has 0 bridgehead atoms. The summed E-state index contributed by atoms with van der Waals surface area (Å²) >= 11 is 6.84. The molecule has 0 aliphatic carbocycles. The Labute approximate surface area is 162 Å². The van der Waals surface area contributed by atoms with Crippen molar-refractivity contribution < 1.29 is 18.0 Å². The quantitative estimate of drug-likeness (QED) is 0.672. The molecular formula is C15H23ClN4O4S2. The zero-order valence-corrected chi connectivity index (χ0v) is 17.1. The molecule has 0 atom stereocenters. The highest BCUT2D eigenvalue weighted by Crippen LogP contribution is 2.28. The minimum absolute atomic E-state index is 0.0632. The first kappa shape index (κ1) is 20.9. The van der Waals surface area contributed by atoms with Crippen molar-refractivity contribution in [1.82, 2.24) is 19.8 Å². The summed E-state index contributed by atoms with van der Waals surface area (Å²) in [5.74, 6) is -0.161. The van der Waals surface area contributed by atoms with Crippen LogP contribution in [0, 0.1) is 5.92 Å². The highest BCUT2D eigenvalue weighted by atomic mass is 35.5. The fraction of sp³-hybridized carbons (Fsp3) is 0.600. The number of carbonyl (C=O) groups is 2. The van der Waals surface area contributed by atoms with Crippen molar-refractivity contribution >= 4 is 44.9 Å². The fourth-order valence-electron chi connectivity index (χ4n) is 2.37. The number of nitrogens with one attached hydrogen (secondary N) is 2. The van der Waals surface area contributed by atoms with Crippen molar-refractivity contribution in [3.63, 3.8) is 0 Å². The Morgan fingerprint density at radius 3 is 2.31 bits per heavy atom. The molecule has 0 unspecified atom stereocenters. The minimum Gasteiger partial charge on any atom is -0.354 e. The molecule has 0 spiro atoms. The van der Waals surface area contributed by atoms with E-state index in [1.807, 2.05) is 0 Å². The number of carbonyl (C=O) groups excluding carboxylic acids is 2. The molecule has 2 heterocycles. The van der Waals surface area contributed by atoms with E-state index in [9.17, 15) is 18.0 Å². The van der Waals surface area contributed by atoms with Crippen molar-refractivity contribution in [1.29, 1.82) is 0 Å². The Balaban J connectivity index is 1.77. The number of halogens is 1. The average Bonchev–Trinajstić information content (AvgIpc) is 3.05. The van der Waals surface area contributed by atoms with Gasteiger partial charge in [-0.3, -0.25) is 4.79 Å². The van der Waals surface area contributed by atoms with Crippen molar-refractivity contribution in [2.75, 3.05) is 39.3 Å². The van der Waals surface area contributed by atoms with Gasteiger partial charge in [0.1, 0.15) is 4.21 Å². The van der Waals surface area contributed by atoms with E-state index in [0.29, 0.717) is 30.5 Å². The van der Waals surface area contributed by atoms with E-state index in [4.69, 9.17) is 11.6 Å². The second kappa shape index (κ2) is 9.03. The molecule has 2 N–H and O–H groups in total. The maximum absolute atomic E-state index is 12.5. The second-order valence-electron chi connectivity index (χ2n) is 6.13. The molecule has 0 saturated carbocycles. The summed E-state index contributed by atoms with van der Waals surface area (Å²) < 4.78 is 27.0. The lowest BCUT2D eigenvalue weighted by molar-refractivity contribution is -0.123. The molecule has 11 heteroatoms. The van der Waals surface area contributed by atoms with Crippen LogP contribution in [0.5, 0.6) is 0 Å². The number of sulfonamides is 1. The van der Waals surface area contributed by atoms with Gasteiger partial charge in [0.2, 0.25) is 5.91 Å². The number of hydrogen-bond donors (Lipinski definition) is 2. The maximum Gasteiger partial charge on any atom is 0.317 e. The Morgan fingerprint density at radius 2 is 1.77 bits per heavy atom. The molecule has 1 saturated heterocycles. The van der Waals surface area contributed by atoms with Gasteiger partial charge in [0, 0.05) is 45.2 Å². The van der Waals surface area contributed by atoms with Gasteiger partial charge in [0.25, 0.3) is 10.0 Å². The molecule has 1 aliphatic rings. The third kappa shape index (κ3) is 5.32. The van der Waals surface area contributed by atoms with Crippen LogP contribution in [0.25, 0.3) is 0 Å². The van der Waals surface area contributed by atoms with E-state index >= 15 is 0 Å². The van der Waals surface area contributed by atoms with E-state index in [1.54, 1.807) is 24.8 Å². The Hall–Kier alpha value is -1.36. The first-order chi connectivity index (χ1) is 12.2. The summed E-state index contributed by atoms with van der Waals surface area (Å²) in [5.41, 5.74) is 0. The van der Waals surface area contributed by atoms with Crippen LogP contribution >= 0.6 is 22.9 Å². The average molecular weight is 423 g/mol. The zero-order valence-electron chi connectivity index (χ0n) is 14.7. The lowest BCUT2D eigenvalue weighted by atomic mass is 10.2. The second-order valence-corrected chi connectivity index (χ2v) is 10.0. The predicted octanol–water partition coefficient (Wildman–Crippen LogP) is 1.19. The summed E-state index contributed by atoms with van der Waals surface area (Å²) in [6.45, 7) is 5.35. The molecule has 3 amide bonds. The monoisotopic (exact) mass is 422 g/mol. The maximum atomic E-state index is 12.5. The Bertz CT molecular complexity index is 743. The molecule has 1 aromatic rings. The van der Waals surface area contributed by atoms with Gasteiger partial charge in [0.05, 0.1) is 4.34 Å². The SMILES string of the molecule is CC(C)C(=O)NCCNC(=O)N1CCN(S(=O)(=O)c2ccc(Cl)s2)CC1. The summed E-state index contributed by atoms with van der Waals surface area (Å²) in [4.78, 5) is 25.1. The topological polar surface area (TPSA) is 98.8 Å². The number of urea groups is 1. The first-order valence-electron chi connectivity index (χ1n) is 8.28. The van der Waals surface area contributed by atoms with E-state index in [1.165, 1.54) is 10.4 Å². The predicted molar refractivity (Wildman–Crippen MR) is 101 cm³/mol. The van der Waals surface area contributed by atoms with Gasteiger partial charge in [-0.25, -0.2) is 13.2 Å². The highest BCUT2D eigenvalue weighted by Gasteiger charge is 2.31. The van der Waals surface area contributed by atoms with Gasteiger partial charge in [-0.15, -0.1) is 11.3 Å². The number of piperazine rings is 1. The van der Waals surface area contributed by atoms with Gasteiger partial charge in [-0.1, -0.05) is 25.4 Å². The van der Waals surface area contributed by atoms with Gasteiger partial charge in [-0.2, -0.15) is 4.31 Å². The molecular weight excluding hydrogens is 400 g/mol. The molecule has 146 valence electrons. The lowest BCUT2D eigenvalue weighted by Crippen LogP contribution is -2.53. The highest BCUT2D eigenvalue weighted by molar-refractivity contribution is 7.91. The van der Waals surface area contributed by atoms with E-state index in [0.717, 1.165) is 11.3 Å². The van der Waals surface area contributed by atoms with E-state index in [2.05, 4.69) is 10.6 Å². The Kier molecular flexibility index (Phi) is 7.27. The first-order valence-corrected chi connectivity index (χ1v) is 10.9. The summed E-state index contributed by atoms with van der Waals surface area (Å²) in [6, 6.07) is 2.79. The summed E-state index contributed by atoms with van der Waals surface area (Å²) in [7, 11) is -3.57. The molecule has 1 fully saturated rings. The number of hydrogen-bond acceptors (Lipinski definition) is 5. The normalized spacial score (nSPS) is 15.9. The van der Waals surface area contributed by atoms with Crippen molar-refractivity contribution in [2.45, 2.75) is 18.1 Å². The molecule has 0 aromatic carbocycles. The largest absolute Gasteiger partial charge is 0.354 e.